The lowest BCUT2D eigenvalue weighted by molar-refractivity contribution is -0.129. The number of amides is 2. The second-order valence-corrected chi connectivity index (χ2v) is 8.82. The summed E-state index contributed by atoms with van der Waals surface area (Å²) in [5.74, 6) is -0.499. The molecule has 29 heavy (non-hydrogen) atoms. The Morgan fingerprint density at radius 1 is 1.28 bits per heavy atom. The van der Waals surface area contributed by atoms with E-state index in [9.17, 15) is 19.1 Å². The number of nitrogens with one attached hydrogen (secondary N) is 1. The number of likely N-dealkylation sites (N-methyl/N-ethyl adjacent to an activating group) is 1. The maximum absolute atomic E-state index is 14.0. The van der Waals surface area contributed by atoms with E-state index in [1.54, 1.807) is 43.1 Å². The van der Waals surface area contributed by atoms with Crippen LogP contribution in [0.5, 0.6) is 0 Å². The van der Waals surface area contributed by atoms with Crippen molar-refractivity contribution in [3.63, 3.8) is 0 Å². The van der Waals surface area contributed by atoms with Crippen LogP contribution in [0.3, 0.4) is 0 Å². The van der Waals surface area contributed by atoms with Crippen LogP contribution >= 0.6 is 11.6 Å². The van der Waals surface area contributed by atoms with Crippen LogP contribution in [-0.2, 0) is 11.3 Å². The summed E-state index contributed by atoms with van der Waals surface area (Å²) in [5.41, 5.74) is -1.37. The summed E-state index contributed by atoms with van der Waals surface area (Å²) in [7, 11) is 3.34. The number of carbonyl (C=O) groups excluding carboxylic acids is 2. The second kappa shape index (κ2) is 7.95. The lowest BCUT2D eigenvalue weighted by Crippen LogP contribution is -2.47. The van der Waals surface area contributed by atoms with Gasteiger partial charge in [-0.2, -0.15) is 0 Å². The van der Waals surface area contributed by atoms with Gasteiger partial charge in [-0.15, -0.1) is 0 Å². The zero-order valence-corrected chi connectivity index (χ0v) is 17.7. The summed E-state index contributed by atoms with van der Waals surface area (Å²) >= 11 is 6.35. The van der Waals surface area contributed by atoms with E-state index in [0.717, 1.165) is 0 Å². The number of rotatable bonds is 5. The first-order chi connectivity index (χ1) is 13.5. The minimum Gasteiger partial charge on any atom is -0.388 e. The summed E-state index contributed by atoms with van der Waals surface area (Å²) in [4.78, 5) is 26.5. The molecule has 1 fully saturated rings. The van der Waals surface area contributed by atoms with Crippen LogP contribution in [0.2, 0.25) is 5.02 Å². The average molecular weight is 424 g/mol. The Balaban J connectivity index is 1.81. The molecule has 2 aromatic rings. The molecular formula is C21H27ClFN3O3. The third-order valence-electron chi connectivity index (χ3n) is 5.71. The van der Waals surface area contributed by atoms with E-state index in [0.29, 0.717) is 34.3 Å². The van der Waals surface area contributed by atoms with E-state index < -0.39 is 11.3 Å². The van der Waals surface area contributed by atoms with E-state index in [-0.39, 0.29) is 37.7 Å². The van der Waals surface area contributed by atoms with Crippen LogP contribution in [-0.4, -0.2) is 58.3 Å². The van der Waals surface area contributed by atoms with Crippen LogP contribution < -0.4 is 5.32 Å². The van der Waals surface area contributed by atoms with Crippen molar-refractivity contribution >= 4 is 34.3 Å². The maximum Gasteiger partial charge on any atom is 0.253 e. The molecule has 8 heteroatoms. The molecule has 1 aromatic heterocycles. The molecule has 1 heterocycles. The normalized spacial score (nSPS) is 24.5. The standard InChI is InChI=1S/C21H27ClFN3O3/c1-20(23)7-9-21(29,10-8-20)13-24-19(28)14-11-26(12-17(27)25(2)3)16-6-4-5-15(22)18(14)16/h4-6,11,29H,7-10,12-13H2,1-3H3,(H,24,28). The van der Waals surface area contributed by atoms with E-state index in [4.69, 9.17) is 11.6 Å². The van der Waals surface area contributed by atoms with Crippen molar-refractivity contribution in [3.8, 4) is 0 Å². The topological polar surface area (TPSA) is 74.6 Å². The predicted molar refractivity (Wildman–Crippen MR) is 111 cm³/mol. The molecule has 0 aliphatic heterocycles. The molecule has 1 saturated carbocycles. The highest BCUT2D eigenvalue weighted by molar-refractivity contribution is 6.36. The van der Waals surface area contributed by atoms with Gasteiger partial charge >= 0.3 is 0 Å². The molecule has 1 aromatic carbocycles. The number of aliphatic hydroxyl groups is 1. The average Bonchev–Trinajstić information content (AvgIpc) is 3.03. The summed E-state index contributed by atoms with van der Waals surface area (Å²) in [6.07, 6.45) is 2.71. The SMILES string of the molecule is CN(C)C(=O)Cn1cc(C(=O)NCC2(O)CCC(C)(F)CC2)c2c(Cl)cccc21. The van der Waals surface area contributed by atoms with Crippen LogP contribution in [0.15, 0.2) is 24.4 Å². The first-order valence-electron chi connectivity index (χ1n) is 9.68. The highest BCUT2D eigenvalue weighted by atomic mass is 35.5. The number of aromatic nitrogens is 1. The molecule has 6 nitrogen and oxygen atoms in total. The fraction of sp³-hybridized carbons (Fsp3) is 0.524. The van der Waals surface area contributed by atoms with Crippen molar-refractivity contribution in [2.45, 2.75) is 50.4 Å². The first-order valence-corrected chi connectivity index (χ1v) is 10.1. The van der Waals surface area contributed by atoms with E-state index in [1.165, 1.54) is 11.8 Å². The lowest BCUT2D eigenvalue weighted by Gasteiger charge is -2.37. The molecular weight excluding hydrogens is 397 g/mol. The fourth-order valence-corrected chi connectivity index (χ4v) is 3.92. The Kier molecular flexibility index (Phi) is 5.92. The van der Waals surface area contributed by atoms with Gasteiger partial charge in [-0.05, 0) is 44.7 Å². The number of halogens is 2. The van der Waals surface area contributed by atoms with Gasteiger partial charge in [0.25, 0.3) is 5.91 Å². The molecule has 158 valence electrons. The van der Waals surface area contributed by atoms with Gasteiger partial charge in [-0.1, -0.05) is 17.7 Å². The van der Waals surface area contributed by atoms with Gasteiger partial charge in [0.15, 0.2) is 0 Å². The molecule has 0 atom stereocenters. The van der Waals surface area contributed by atoms with Crippen molar-refractivity contribution in [3.05, 3.63) is 35.0 Å². The van der Waals surface area contributed by atoms with Crippen molar-refractivity contribution in [1.82, 2.24) is 14.8 Å². The Bertz CT molecular complexity index is 929. The quantitative estimate of drug-likeness (QED) is 0.775. The Morgan fingerprint density at radius 2 is 1.93 bits per heavy atom. The number of nitrogens with zero attached hydrogens (tertiary/aromatic N) is 2. The largest absolute Gasteiger partial charge is 0.388 e. The Labute approximate surface area is 174 Å². The van der Waals surface area contributed by atoms with Gasteiger partial charge in [-0.25, -0.2) is 4.39 Å². The molecule has 0 bridgehead atoms. The van der Waals surface area contributed by atoms with Gasteiger partial charge in [0.2, 0.25) is 5.91 Å². The van der Waals surface area contributed by atoms with Crippen molar-refractivity contribution in [2.75, 3.05) is 20.6 Å². The summed E-state index contributed by atoms with van der Waals surface area (Å²) in [6, 6.07) is 5.26. The van der Waals surface area contributed by atoms with Crippen LogP contribution in [0.25, 0.3) is 10.9 Å². The molecule has 3 rings (SSSR count). The van der Waals surface area contributed by atoms with Crippen LogP contribution in [0.1, 0.15) is 43.0 Å². The van der Waals surface area contributed by atoms with E-state index in [1.807, 2.05) is 0 Å². The van der Waals surface area contributed by atoms with Crippen molar-refractivity contribution in [2.24, 2.45) is 0 Å². The second-order valence-electron chi connectivity index (χ2n) is 8.41. The van der Waals surface area contributed by atoms with Crippen LogP contribution in [0, 0.1) is 0 Å². The summed E-state index contributed by atoms with van der Waals surface area (Å²) < 4.78 is 15.7. The van der Waals surface area contributed by atoms with Crippen LogP contribution in [0.4, 0.5) is 4.39 Å². The molecule has 0 spiro atoms. The lowest BCUT2D eigenvalue weighted by atomic mass is 9.78. The molecule has 2 amide bonds. The van der Waals surface area contributed by atoms with Gasteiger partial charge in [-0.3, -0.25) is 9.59 Å². The highest BCUT2D eigenvalue weighted by Gasteiger charge is 2.39. The smallest absolute Gasteiger partial charge is 0.253 e. The van der Waals surface area contributed by atoms with Crippen molar-refractivity contribution < 1.29 is 19.1 Å². The van der Waals surface area contributed by atoms with Gasteiger partial charge < -0.3 is 19.9 Å². The number of hydrogen-bond acceptors (Lipinski definition) is 3. The Morgan fingerprint density at radius 3 is 2.55 bits per heavy atom. The molecule has 2 N–H and O–H groups in total. The van der Waals surface area contributed by atoms with Gasteiger partial charge in [0, 0.05) is 32.2 Å². The maximum atomic E-state index is 14.0. The van der Waals surface area contributed by atoms with Crippen molar-refractivity contribution in [1.29, 1.82) is 0 Å². The fourth-order valence-electron chi connectivity index (χ4n) is 3.65. The number of fused-ring (bicyclic) bond motifs is 1. The predicted octanol–water partition coefficient (Wildman–Crippen LogP) is 3.15. The van der Waals surface area contributed by atoms with Gasteiger partial charge in [0.1, 0.15) is 12.2 Å². The first kappa shape index (κ1) is 21.6. The highest BCUT2D eigenvalue weighted by Crippen LogP contribution is 2.37. The number of carbonyl (C=O) groups is 2. The molecule has 0 unspecified atom stereocenters. The minimum absolute atomic E-state index is 0.0374. The number of benzene rings is 1. The number of alkyl halides is 1. The van der Waals surface area contributed by atoms with E-state index >= 15 is 0 Å². The number of hydrogen-bond donors (Lipinski definition) is 2. The minimum atomic E-state index is -1.27. The molecule has 0 radical (unpaired) electrons. The third kappa shape index (κ3) is 4.73. The zero-order valence-electron chi connectivity index (χ0n) is 17.0. The third-order valence-corrected chi connectivity index (χ3v) is 6.02. The Hall–Kier alpha value is -2.12. The van der Waals surface area contributed by atoms with E-state index in [2.05, 4.69) is 5.32 Å². The molecule has 1 aliphatic rings. The molecule has 0 saturated heterocycles. The molecule has 1 aliphatic carbocycles. The zero-order chi connectivity index (χ0) is 21.4. The van der Waals surface area contributed by atoms with Gasteiger partial charge in [0.05, 0.1) is 21.7 Å². The monoisotopic (exact) mass is 423 g/mol. The summed E-state index contributed by atoms with van der Waals surface area (Å²) in [6.45, 7) is 1.66. The summed E-state index contributed by atoms with van der Waals surface area (Å²) in [5, 5.41) is 14.4.